The van der Waals surface area contributed by atoms with Gasteiger partial charge in [-0.1, -0.05) is 6.07 Å². The summed E-state index contributed by atoms with van der Waals surface area (Å²) in [6.07, 6.45) is 2.53. The Hall–Kier alpha value is -1.35. The molecule has 0 radical (unpaired) electrons. The molecule has 3 nitrogen and oxygen atoms in total. The number of aromatic nitrogens is 2. The van der Waals surface area contributed by atoms with E-state index in [1.165, 1.54) is 24.2 Å². The molecule has 3 heteroatoms. The lowest BCUT2D eigenvalue weighted by molar-refractivity contribution is 0.603. The SMILES string of the molecule is Cc1nc2cccc(C)n2c1C(N)C1CC1. The van der Waals surface area contributed by atoms with E-state index in [4.69, 9.17) is 5.73 Å². The van der Waals surface area contributed by atoms with Crippen LogP contribution in [0.4, 0.5) is 0 Å². The van der Waals surface area contributed by atoms with Crippen molar-refractivity contribution >= 4 is 5.65 Å². The summed E-state index contributed by atoms with van der Waals surface area (Å²) in [4.78, 5) is 4.59. The van der Waals surface area contributed by atoms with Crippen molar-refractivity contribution in [2.45, 2.75) is 32.7 Å². The summed E-state index contributed by atoms with van der Waals surface area (Å²) in [5.74, 6) is 0.665. The smallest absolute Gasteiger partial charge is 0.137 e. The molecular formula is C13H17N3. The van der Waals surface area contributed by atoms with E-state index in [0.29, 0.717) is 5.92 Å². The van der Waals surface area contributed by atoms with Gasteiger partial charge < -0.3 is 5.73 Å². The fraction of sp³-hybridized carbons (Fsp3) is 0.462. The summed E-state index contributed by atoms with van der Waals surface area (Å²) in [6, 6.07) is 6.35. The van der Waals surface area contributed by atoms with Crippen LogP contribution in [0.3, 0.4) is 0 Å². The average molecular weight is 215 g/mol. The molecule has 1 unspecified atom stereocenters. The number of hydrogen-bond donors (Lipinski definition) is 1. The zero-order valence-corrected chi connectivity index (χ0v) is 9.77. The van der Waals surface area contributed by atoms with E-state index in [-0.39, 0.29) is 6.04 Å². The Labute approximate surface area is 95.3 Å². The summed E-state index contributed by atoms with van der Waals surface area (Å²) in [5, 5.41) is 0. The number of nitrogens with two attached hydrogens (primary N) is 1. The number of rotatable bonds is 2. The Morgan fingerprint density at radius 2 is 2.12 bits per heavy atom. The maximum atomic E-state index is 6.32. The predicted octanol–water partition coefficient (Wildman–Crippen LogP) is 2.36. The van der Waals surface area contributed by atoms with Crippen LogP contribution in [0.5, 0.6) is 0 Å². The van der Waals surface area contributed by atoms with Gasteiger partial charge >= 0.3 is 0 Å². The lowest BCUT2D eigenvalue weighted by atomic mass is 10.1. The normalized spacial score (nSPS) is 17.9. The van der Waals surface area contributed by atoms with Crippen molar-refractivity contribution in [2.75, 3.05) is 0 Å². The number of nitrogens with zero attached hydrogens (tertiary/aromatic N) is 2. The molecule has 2 aromatic rings. The molecule has 0 aliphatic heterocycles. The van der Waals surface area contributed by atoms with E-state index in [2.05, 4.69) is 29.3 Å². The van der Waals surface area contributed by atoms with Gasteiger partial charge in [0, 0.05) is 5.69 Å². The molecule has 1 saturated carbocycles. The van der Waals surface area contributed by atoms with Crippen molar-refractivity contribution in [1.82, 2.24) is 9.38 Å². The van der Waals surface area contributed by atoms with Gasteiger partial charge in [0.15, 0.2) is 0 Å². The quantitative estimate of drug-likeness (QED) is 0.835. The van der Waals surface area contributed by atoms with E-state index in [9.17, 15) is 0 Å². The first-order valence-electron chi connectivity index (χ1n) is 5.88. The molecule has 2 heterocycles. The molecule has 0 amide bonds. The molecular weight excluding hydrogens is 198 g/mol. The second kappa shape index (κ2) is 3.32. The zero-order valence-electron chi connectivity index (χ0n) is 9.77. The highest BCUT2D eigenvalue weighted by Gasteiger charge is 2.32. The molecule has 16 heavy (non-hydrogen) atoms. The minimum Gasteiger partial charge on any atom is -0.322 e. The predicted molar refractivity (Wildman–Crippen MR) is 64.3 cm³/mol. The summed E-state index contributed by atoms with van der Waals surface area (Å²) in [7, 11) is 0. The van der Waals surface area contributed by atoms with Crippen molar-refractivity contribution in [3.8, 4) is 0 Å². The molecule has 0 spiro atoms. The monoisotopic (exact) mass is 215 g/mol. The standard InChI is InChI=1S/C13H17N3/c1-8-4-3-5-11-15-9(2)13(16(8)11)12(14)10-6-7-10/h3-5,10,12H,6-7,14H2,1-2H3. The van der Waals surface area contributed by atoms with E-state index in [1.807, 2.05) is 12.1 Å². The Bertz CT molecular complexity index is 537. The van der Waals surface area contributed by atoms with Gasteiger partial charge in [-0.25, -0.2) is 4.98 Å². The fourth-order valence-electron chi connectivity index (χ4n) is 2.46. The summed E-state index contributed by atoms with van der Waals surface area (Å²) in [6.45, 7) is 4.17. The minimum absolute atomic E-state index is 0.149. The molecule has 0 bridgehead atoms. The highest BCUT2D eigenvalue weighted by molar-refractivity contribution is 5.46. The lowest BCUT2D eigenvalue weighted by Crippen LogP contribution is -2.16. The van der Waals surface area contributed by atoms with Gasteiger partial charge in [-0.15, -0.1) is 0 Å². The number of aryl methyl sites for hydroxylation is 2. The second-order valence-electron chi connectivity index (χ2n) is 4.81. The molecule has 0 aromatic carbocycles. The van der Waals surface area contributed by atoms with Crippen LogP contribution in [0.25, 0.3) is 5.65 Å². The lowest BCUT2D eigenvalue weighted by Gasteiger charge is -2.13. The fourth-order valence-corrected chi connectivity index (χ4v) is 2.46. The molecule has 0 saturated heterocycles. The van der Waals surface area contributed by atoms with Gasteiger partial charge in [-0.2, -0.15) is 0 Å². The molecule has 2 aromatic heterocycles. The Morgan fingerprint density at radius 1 is 1.38 bits per heavy atom. The van der Waals surface area contributed by atoms with Crippen molar-refractivity contribution in [1.29, 1.82) is 0 Å². The summed E-state index contributed by atoms with van der Waals surface area (Å²) < 4.78 is 2.21. The van der Waals surface area contributed by atoms with Crippen LogP contribution in [0.15, 0.2) is 18.2 Å². The minimum atomic E-state index is 0.149. The number of fused-ring (bicyclic) bond motifs is 1. The zero-order chi connectivity index (χ0) is 11.3. The molecule has 3 rings (SSSR count). The van der Waals surface area contributed by atoms with Crippen LogP contribution in [0.2, 0.25) is 0 Å². The van der Waals surface area contributed by atoms with Gasteiger partial charge in [0.05, 0.1) is 17.4 Å². The summed E-state index contributed by atoms with van der Waals surface area (Å²) >= 11 is 0. The van der Waals surface area contributed by atoms with Crippen LogP contribution >= 0.6 is 0 Å². The van der Waals surface area contributed by atoms with Crippen molar-refractivity contribution < 1.29 is 0 Å². The number of imidazole rings is 1. The average Bonchev–Trinajstić information content (AvgIpc) is 3.01. The first kappa shape index (κ1) is 9.85. The maximum absolute atomic E-state index is 6.32. The largest absolute Gasteiger partial charge is 0.322 e. The molecule has 1 atom stereocenters. The molecule has 1 fully saturated rings. The van der Waals surface area contributed by atoms with Crippen molar-refractivity contribution in [2.24, 2.45) is 11.7 Å². The molecule has 1 aliphatic rings. The molecule has 84 valence electrons. The van der Waals surface area contributed by atoms with E-state index < -0.39 is 0 Å². The van der Waals surface area contributed by atoms with E-state index >= 15 is 0 Å². The molecule has 1 aliphatic carbocycles. The summed E-state index contributed by atoms with van der Waals surface area (Å²) in [5.41, 5.74) is 10.8. The third kappa shape index (κ3) is 1.35. The van der Waals surface area contributed by atoms with E-state index in [0.717, 1.165) is 11.3 Å². The Kier molecular flexibility index (Phi) is 2.04. The Morgan fingerprint density at radius 3 is 2.81 bits per heavy atom. The van der Waals surface area contributed by atoms with Crippen LogP contribution in [-0.4, -0.2) is 9.38 Å². The highest BCUT2D eigenvalue weighted by atomic mass is 15.0. The Balaban J connectivity index is 2.24. The second-order valence-corrected chi connectivity index (χ2v) is 4.81. The van der Waals surface area contributed by atoms with Gasteiger partial charge in [0.2, 0.25) is 0 Å². The number of pyridine rings is 1. The van der Waals surface area contributed by atoms with Gasteiger partial charge in [-0.3, -0.25) is 4.40 Å². The first-order valence-corrected chi connectivity index (χ1v) is 5.88. The van der Waals surface area contributed by atoms with Crippen molar-refractivity contribution in [3.63, 3.8) is 0 Å². The van der Waals surface area contributed by atoms with Crippen molar-refractivity contribution in [3.05, 3.63) is 35.3 Å². The van der Waals surface area contributed by atoms with Crippen LogP contribution < -0.4 is 5.73 Å². The highest BCUT2D eigenvalue weighted by Crippen LogP contribution is 2.40. The topological polar surface area (TPSA) is 43.3 Å². The number of hydrogen-bond acceptors (Lipinski definition) is 2. The van der Waals surface area contributed by atoms with Gasteiger partial charge in [0.1, 0.15) is 5.65 Å². The van der Waals surface area contributed by atoms with Crippen LogP contribution in [0, 0.1) is 19.8 Å². The third-order valence-corrected chi connectivity index (χ3v) is 3.50. The van der Waals surface area contributed by atoms with Crippen LogP contribution in [0.1, 0.15) is 36.0 Å². The van der Waals surface area contributed by atoms with Gasteiger partial charge in [0.25, 0.3) is 0 Å². The van der Waals surface area contributed by atoms with Crippen LogP contribution in [-0.2, 0) is 0 Å². The van der Waals surface area contributed by atoms with Gasteiger partial charge in [-0.05, 0) is 44.7 Å². The van der Waals surface area contributed by atoms with E-state index in [1.54, 1.807) is 0 Å². The first-order chi connectivity index (χ1) is 7.68. The molecule has 2 N–H and O–H groups in total. The maximum Gasteiger partial charge on any atom is 0.137 e. The third-order valence-electron chi connectivity index (χ3n) is 3.50.